The average Bonchev–Trinajstić information content (AvgIpc) is 3.38. The number of nitrogens with one attached hydrogen (secondary N) is 2. The Morgan fingerprint density at radius 2 is 1.43 bits per heavy atom. The Hall–Kier alpha value is -3.66. The fraction of sp³-hybridized carbons (Fsp3) is 0.154. The summed E-state index contributed by atoms with van der Waals surface area (Å²) in [6.07, 6.45) is 0. The van der Waals surface area contributed by atoms with Gasteiger partial charge in [0, 0.05) is 11.1 Å². The molecule has 4 heteroatoms. The number of hydrogen-bond donors (Lipinski definition) is 2. The van der Waals surface area contributed by atoms with Crippen molar-refractivity contribution in [1.29, 1.82) is 0 Å². The Morgan fingerprint density at radius 3 is 2.13 bits per heavy atom. The second-order valence-electron chi connectivity index (χ2n) is 8.62. The lowest BCUT2D eigenvalue weighted by Crippen LogP contribution is -2.10. The molecule has 0 aliphatic heterocycles. The minimum absolute atomic E-state index is 0.110. The van der Waals surface area contributed by atoms with Gasteiger partial charge in [-0.2, -0.15) is 5.10 Å². The molecule has 5 aromatic rings. The molecule has 30 heavy (non-hydrogen) atoms. The van der Waals surface area contributed by atoms with Crippen molar-refractivity contribution >= 4 is 11.0 Å². The highest BCUT2D eigenvalue weighted by Crippen LogP contribution is 2.38. The zero-order valence-electron chi connectivity index (χ0n) is 17.4. The van der Waals surface area contributed by atoms with E-state index in [1.807, 2.05) is 42.5 Å². The van der Waals surface area contributed by atoms with Gasteiger partial charge in [0.1, 0.15) is 11.4 Å². The predicted octanol–water partition coefficient (Wildman–Crippen LogP) is 6.58. The molecule has 0 spiro atoms. The summed E-state index contributed by atoms with van der Waals surface area (Å²) in [5, 5.41) is 7.95. The maximum absolute atomic E-state index is 4.81. The molecule has 4 nitrogen and oxygen atoms in total. The number of aromatic nitrogens is 4. The van der Waals surface area contributed by atoms with Crippen LogP contribution in [0.1, 0.15) is 26.3 Å². The van der Waals surface area contributed by atoms with Crippen LogP contribution in [0.4, 0.5) is 0 Å². The van der Waals surface area contributed by atoms with E-state index in [1.165, 1.54) is 5.56 Å². The zero-order valence-corrected chi connectivity index (χ0v) is 17.4. The normalized spacial score (nSPS) is 11.8. The van der Waals surface area contributed by atoms with Crippen molar-refractivity contribution in [3.05, 3.63) is 84.4 Å². The zero-order chi connectivity index (χ0) is 20.7. The summed E-state index contributed by atoms with van der Waals surface area (Å²) in [5.41, 5.74) is 8.44. The van der Waals surface area contributed by atoms with Gasteiger partial charge in [-0.05, 0) is 28.7 Å². The van der Waals surface area contributed by atoms with Crippen molar-refractivity contribution in [1.82, 2.24) is 20.2 Å². The number of imidazole rings is 1. The standard InChI is InChI=1S/C26H24N4/c1-26(2,3)19-15-13-17(14-16-19)22-23(18-9-5-4-6-10-18)29-30-24(22)25-27-20-11-7-8-12-21(20)28-25/h4-16H,1-3H3,(H,27,28)(H,29,30). The molecule has 0 saturated carbocycles. The highest BCUT2D eigenvalue weighted by Gasteiger charge is 2.21. The predicted molar refractivity (Wildman–Crippen MR) is 123 cm³/mol. The van der Waals surface area contributed by atoms with Crippen LogP contribution in [0.5, 0.6) is 0 Å². The maximum atomic E-state index is 4.81. The first kappa shape index (κ1) is 18.4. The third-order valence-corrected chi connectivity index (χ3v) is 5.48. The van der Waals surface area contributed by atoms with E-state index < -0.39 is 0 Å². The van der Waals surface area contributed by atoms with Gasteiger partial charge < -0.3 is 4.98 Å². The van der Waals surface area contributed by atoms with Crippen molar-refractivity contribution in [3.8, 4) is 33.9 Å². The van der Waals surface area contributed by atoms with Gasteiger partial charge in [0.05, 0.1) is 11.0 Å². The number of benzene rings is 3. The lowest BCUT2D eigenvalue weighted by atomic mass is 9.86. The second kappa shape index (κ2) is 6.99. The van der Waals surface area contributed by atoms with E-state index in [0.29, 0.717) is 0 Å². The third-order valence-electron chi connectivity index (χ3n) is 5.48. The number of fused-ring (bicyclic) bond motifs is 1. The van der Waals surface area contributed by atoms with Gasteiger partial charge in [0.15, 0.2) is 5.82 Å². The fourth-order valence-corrected chi connectivity index (χ4v) is 3.81. The molecule has 0 fully saturated rings. The second-order valence-corrected chi connectivity index (χ2v) is 8.62. The number of rotatable bonds is 3. The quantitative estimate of drug-likeness (QED) is 0.364. The van der Waals surface area contributed by atoms with Crippen LogP contribution in [-0.2, 0) is 5.41 Å². The molecular formula is C26H24N4. The first-order valence-corrected chi connectivity index (χ1v) is 10.2. The Balaban J connectivity index is 1.71. The molecule has 5 rings (SSSR count). The summed E-state index contributed by atoms with van der Waals surface area (Å²) in [6, 6.07) is 27.1. The van der Waals surface area contributed by atoms with E-state index in [4.69, 9.17) is 10.1 Å². The summed E-state index contributed by atoms with van der Waals surface area (Å²) in [7, 11) is 0. The third kappa shape index (κ3) is 3.20. The number of nitrogens with zero attached hydrogens (tertiary/aromatic N) is 2. The van der Waals surface area contributed by atoms with Crippen LogP contribution in [-0.4, -0.2) is 20.2 Å². The van der Waals surface area contributed by atoms with Crippen LogP contribution in [0.25, 0.3) is 44.9 Å². The molecule has 2 aromatic heterocycles. The number of para-hydroxylation sites is 2. The van der Waals surface area contributed by atoms with Crippen molar-refractivity contribution in [2.75, 3.05) is 0 Å². The molecule has 2 N–H and O–H groups in total. The van der Waals surface area contributed by atoms with Crippen LogP contribution < -0.4 is 0 Å². The average molecular weight is 393 g/mol. The SMILES string of the molecule is CC(C)(C)c1ccc(-c2c(-c3ccccc3)n[nH]c2-c2nc3ccccc3[nH]2)cc1. The Morgan fingerprint density at radius 1 is 0.733 bits per heavy atom. The van der Waals surface area contributed by atoms with E-state index in [2.05, 4.69) is 67.3 Å². The molecule has 3 aromatic carbocycles. The summed E-state index contributed by atoms with van der Waals surface area (Å²) in [5.74, 6) is 0.792. The fourth-order valence-electron chi connectivity index (χ4n) is 3.81. The van der Waals surface area contributed by atoms with E-state index in [9.17, 15) is 0 Å². The van der Waals surface area contributed by atoms with Gasteiger partial charge in [0.2, 0.25) is 0 Å². The highest BCUT2D eigenvalue weighted by molar-refractivity contribution is 5.91. The van der Waals surface area contributed by atoms with E-state index in [-0.39, 0.29) is 5.41 Å². The molecule has 0 amide bonds. The van der Waals surface area contributed by atoms with Crippen LogP contribution >= 0.6 is 0 Å². The minimum Gasteiger partial charge on any atom is -0.337 e. The Labute approximate surface area is 176 Å². The lowest BCUT2D eigenvalue weighted by Gasteiger charge is -2.19. The molecule has 0 aliphatic carbocycles. The van der Waals surface area contributed by atoms with Crippen LogP contribution in [0, 0.1) is 0 Å². The number of H-pyrrole nitrogens is 2. The smallest absolute Gasteiger partial charge is 0.157 e. The van der Waals surface area contributed by atoms with Gasteiger partial charge in [-0.15, -0.1) is 0 Å². The maximum Gasteiger partial charge on any atom is 0.157 e. The molecular weight excluding hydrogens is 368 g/mol. The first-order valence-electron chi connectivity index (χ1n) is 10.2. The van der Waals surface area contributed by atoms with Crippen molar-refractivity contribution in [2.24, 2.45) is 0 Å². The van der Waals surface area contributed by atoms with Gasteiger partial charge >= 0.3 is 0 Å². The van der Waals surface area contributed by atoms with Gasteiger partial charge in [-0.25, -0.2) is 4.98 Å². The first-order chi connectivity index (χ1) is 14.5. The summed E-state index contributed by atoms with van der Waals surface area (Å²) in [4.78, 5) is 8.25. The van der Waals surface area contributed by atoms with Crippen LogP contribution in [0.2, 0.25) is 0 Å². The van der Waals surface area contributed by atoms with Gasteiger partial charge in [-0.1, -0.05) is 87.5 Å². The molecule has 148 valence electrons. The lowest BCUT2D eigenvalue weighted by molar-refractivity contribution is 0.590. The van der Waals surface area contributed by atoms with Crippen LogP contribution in [0.15, 0.2) is 78.9 Å². The van der Waals surface area contributed by atoms with Crippen molar-refractivity contribution < 1.29 is 0 Å². The number of aromatic amines is 2. The Kier molecular flexibility index (Phi) is 4.28. The largest absolute Gasteiger partial charge is 0.337 e. The van der Waals surface area contributed by atoms with Crippen molar-refractivity contribution in [3.63, 3.8) is 0 Å². The molecule has 0 radical (unpaired) electrons. The molecule has 0 saturated heterocycles. The Bertz CT molecular complexity index is 1270. The van der Waals surface area contributed by atoms with E-state index >= 15 is 0 Å². The topological polar surface area (TPSA) is 57.4 Å². The summed E-state index contributed by atoms with van der Waals surface area (Å²) in [6.45, 7) is 6.69. The molecule has 0 atom stereocenters. The van der Waals surface area contributed by atoms with E-state index in [1.54, 1.807) is 0 Å². The van der Waals surface area contributed by atoms with Crippen LogP contribution in [0.3, 0.4) is 0 Å². The number of hydrogen-bond acceptors (Lipinski definition) is 2. The molecule has 0 aliphatic rings. The summed E-state index contributed by atoms with van der Waals surface area (Å²) < 4.78 is 0. The monoisotopic (exact) mass is 392 g/mol. The summed E-state index contributed by atoms with van der Waals surface area (Å²) >= 11 is 0. The van der Waals surface area contributed by atoms with E-state index in [0.717, 1.165) is 44.9 Å². The highest BCUT2D eigenvalue weighted by atomic mass is 15.1. The minimum atomic E-state index is 0.110. The van der Waals surface area contributed by atoms with Gasteiger partial charge in [0.25, 0.3) is 0 Å². The van der Waals surface area contributed by atoms with Gasteiger partial charge in [-0.3, -0.25) is 5.10 Å². The van der Waals surface area contributed by atoms with Crippen molar-refractivity contribution in [2.45, 2.75) is 26.2 Å². The molecule has 0 bridgehead atoms. The molecule has 2 heterocycles. The molecule has 0 unspecified atom stereocenters.